The molecule has 2 rings (SSSR count). The number of rotatable bonds is 5. The fourth-order valence-corrected chi connectivity index (χ4v) is 1.80. The van der Waals surface area contributed by atoms with E-state index in [9.17, 15) is 4.39 Å². The number of ether oxygens (including phenoxy) is 1. The minimum absolute atomic E-state index is 0.219. The summed E-state index contributed by atoms with van der Waals surface area (Å²) >= 11 is 0. The Labute approximate surface area is 111 Å². The van der Waals surface area contributed by atoms with Crippen molar-refractivity contribution in [2.24, 2.45) is 0 Å². The molecular weight excluding hydrogens is 245 g/mol. The topological polar surface area (TPSA) is 39.1 Å². The quantitative estimate of drug-likeness (QED) is 0.840. The molecule has 0 saturated carbocycles. The summed E-state index contributed by atoms with van der Waals surface area (Å²) in [5.41, 5.74) is 1.51. The average Bonchev–Trinajstić information content (AvgIpc) is 2.70. The predicted molar refractivity (Wildman–Crippen MR) is 73.4 cm³/mol. The normalized spacial score (nSPS) is 10.3. The van der Waals surface area contributed by atoms with Gasteiger partial charge in [-0.3, -0.25) is 0 Å². The van der Waals surface area contributed by atoms with Gasteiger partial charge in [0.25, 0.3) is 0 Å². The molecular formula is C14H16FN3O. The number of allylic oxidation sites excluding steroid dienone is 1. The zero-order chi connectivity index (χ0) is 13.8. The van der Waals surface area contributed by atoms with Gasteiger partial charge in [-0.25, -0.2) is 9.37 Å². The lowest BCUT2D eigenvalue weighted by molar-refractivity contribution is 0.386. The van der Waals surface area contributed by atoms with Crippen molar-refractivity contribution >= 4 is 11.6 Å². The van der Waals surface area contributed by atoms with E-state index in [0.29, 0.717) is 18.2 Å². The molecule has 0 aliphatic carbocycles. The molecule has 2 aromatic rings. The Morgan fingerprint density at radius 3 is 2.95 bits per heavy atom. The van der Waals surface area contributed by atoms with Crippen molar-refractivity contribution in [3.63, 3.8) is 0 Å². The first-order valence-corrected chi connectivity index (χ1v) is 5.89. The molecule has 0 saturated heterocycles. The highest BCUT2D eigenvalue weighted by Crippen LogP contribution is 2.23. The molecule has 5 heteroatoms. The van der Waals surface area contributed by atoms with E-state index in [0.717, 1.165) is 5.69 Å². The summed E-state index contributed by atoms with van der Waals surface area (Å²) < 4.78 is 20.4. The third-order valence-electron chi connectivity index (χ3n) is 2.63. The van der Waals surface area contributed by atoms with Gasteiger partial charge in [-0.2, -0.15) is 0 Å². The van der Waals surface area contributed by atoms with Gasteiger partial charge in [0.1, 0.15) is 0 Å². The van der Waals surface area contributed by atoms with Crippen LogP contribution in [0.3, 0.4) is 0 Å². The number of hydrogen-bond acceptors (Lipinski definition) is 3. The van der Waals surface area contributed by atoms with Gasteiger partial charge in [0.2, 0.25) is 5.95 Å². The minimum Gasteiger partial charge on any atom is -0.494 e. The number of aryl methyl sites for hydroxylation is 1. The van der Waals surface area contributed by atoms with Gasteiger partial charge in [-0.1, -0.05) is 6.08 Å². The smallest absolute Gasteiger partial charge is 0.207 e. The van der Waals surface area contributed by atoms with Crippen LogP contribution in [-0.2, 0) is 6.54 Å². The zero-order valence-electron chi connectivity index (χ0n) is 11.0. The second-order valence-corrected chi connectivity index (χ2v) is 4.12. The molecule has 4 nitrogen and oxygen atoms in total. The highest BCUT2D eigenvalue weighted by Gasteiger charge is 2.07. The number of halogens is 1. The van der Waals surface area contributed by atoms with E-state index in [1.165, 1.54) is 13.2 Å². The molecule has 19 heavy (non-hydrogen) atoms. The van der Waals surface area contributed by atoms with E-state index in [-0.39, 0.29) is 5.75 Å². The van der Waals surface area contributed by atoms with Crippen LogP contribution in [0.5, 0.6) is 5.75 Å². The Kier molecular flexibility index (Phi) is 3.85. The number of nitrogens with zero attached hydrogens (tertiary/aromatic N) is 2. The number of anilines is 2. The second-order valence-electron chi connectivity index (χ2n) is 4.12. The zero-order valence-corrected chi connectivity index (χ0v) is 11.0. The summed E-state index contributed by atoms with van der Waals surface area (Å²) in [6, 6.07) is 4.69. The Hall–Kier alpha value is -2.30. The third kappa shape index (κ3) is 2.93. The van der Waals surface area contributed by atoms with Gasteiger partial charge >= 0.3 is 0 Å². The molecule has 1 N–H and O–H groups in total. The molecule has 0 bridgehead atoms. The lowest BCUT2D eigenvalue weighted by Crippen LogP contribution is -2.02. The third-order valence-corrected chi connectivity index (χ3v) is 2.63. The van der Waals surface area contributed by atoms with Crippen molar-refractivity contribution in [3.05, 3.63) is 48.6 Å². The molecule has 100 valence electrons. The van der Waals surface area contributed by atoms with Crippen molar-refractivity contribution in [2.45, 2.75) is 13.5 Å². The Morgan fingerprint density at radius 1 is 1.53 bits per heavy atom. The van der Waals surface area contributed by atoms with Crippen LogP contribution in [0.15, 0.2) is 37.1 Å². The molecule has 0 aliphatic rings. The summed E-state index contributed by atoms with van der Waals surface area (Å²) in [7, 11) is 1.44. The number of imidazole rings is 1. The van der Waals surface area contributed by atoms with E-state index >= 15 is 0 Å². The highest BCUT2D eigenvalue weighted by atomic mass is 19.1. The summed E-state index contributed by atoms with van der Waals surface area (Å²) in [4.78, 5) is 4.35. The molecule has 1 aromatic heterocycles. The highest BCUT2D eigenvalue weighted by molar-refractivity contribution is 5.55. The average molecular weight is 261 g/mol. The van der Waals surface area contributed by atoms with Gasteiger partial charge in [0, 0.05) is 24.5 Å². The number of nitrogens with one attached hydrogen (secondary N) is 1. The Bertz CT molecular complexity index is 592. The second kappa shape index (κ2) is 5.56. The molecule has 0 atom stereocenters. The van der Waals surface area contributed by atoms with E-state index in [1.807, 2.05) is 17.7 Å². The monoisotopic (exact) mass is 261 g/mol. The first kappa shape index (κ1) is 13.1. The number of aromatic nitrogens is 2. The Balaban J connectivity index is 2.25. The first-order valence-electron chi connectivity index (χ1n) is 5.89. The Morgan fingerprint density at radius 2 is 2.32 bits per heavy atom. The molecule has 1 aromatic carbocycles. The van der Waals surface area contributed by atoms with Crippen LogP contribution >= 0.6 is 0 Å². The van der Waals surface area contributed by atoms with Gasteiger partial charge in [-0.15, -0.1) is 6.58 Å². The van der Waals surface area contributed by atoms with Crippen molar-refractivity contribution in [2.75, 3.05) is 12.4 Å². The predicted octanol–water partition coefficient (Wildman–Crippen LogP) is 3.27. The lowest BCUT2D eigenvalue weighted by Gasteiger charge is -2.09. The van der Waals surface area contributed by atoms with E-state index in [4.69, 9.17) is 4.74 Å². The van der Waals surface area contributed by atoms with E-state index in [2.05, 4.69) is 16.9 Å². The van der Waals surface area contributed by atoms with Gasteiger partial charge in [-0.05, 0) is 19.1 Å². The number of methoxy groups -OCH3 is 1. The van der Waals surface area contributed by atoms with Crippen molar-refractivity contribution in [3.8, 4) is 5.75 Å². The van der Waals surface area contributed by atoms with Crippen molar-refractivity contribution < 1.29 is 9.13 Å². The van der Waals surface area contributed by atoms with Crippen LogP contribution in [-0.4, -0.2) is 16.7 Å². The molecule has 0 radical (unpaired) electrons. The number of hydrogen-bond donors (Lipinski definition) is 1. The van der Waals surface area contributed by atoms with Gasteiger partial charge in [0.15, 0.2) is 11.6 Å². The number of benzene rings is 1. The first-order chi connectivity index (χ1) is 9.13. The molecule has 0 unspecified atom stereocenters. The van der Waals surface area contributed by atoms with E-state index in [1.54, 1.807) is 18.2 Å². The fourth-order valence-electron chi connectivity index (χ4n) is 1.80. The molecule has 1 heterocycles. The van der Waals surface area contributed by atoms with Crippen molar-refractivity contribution in [1.29, 1.82) is 0 Å². The lowest BCUT2D eigenvalue weighted by atomic mass is 10.3. The largest absolute Gasteiger partial charge is 0.494 e. The molecule has 0 amide bonds. The maximum atomic E-state index is 13.6. The van der Waals surface area contributed by atoms with Crippen LogP contribution in [0, 0.1) is 12.7 Å². The fraction of sp³-hybridized carbons (Fsp3) is 0.214. The molecule has 0 spiro atoms. The van der Waals surface area contributed by atoms with Crippen LogP contribution in [0.1, 0.15) is 5.69 Å². The maximum absolute atomic E-state index is 13.6. The van der Waals surface area contributed by atoms with Crippen molar-refractivity contribution in [1.82, 2.24) is 9.55 Å². The molecule has 0 fully saturated rings. The summed E-state index contributed by atoms with van der Waals surface area (Å²) in [5, 5.41) is 3.08. The summed E-state index contributed by atoms with van der Waals surface area (Å²) in [6.07, 6.45) is 3.69. The summed E-state index contributed by atoms with van der Waals surface area (Å²) in [6.45, 7) is 6.24. The van der Waals surface area contributed by atoms with E-state index < -0.39 is 5.82 Å². The SMILES string of the molecule is C=CCn1cc(C)nc1Nc1ccc(OC)c(F)c1. The molecule has 0 aliphatic heterocycles. The van der Waals surface area contributed by atoms with Gasteiger partial charge in [0.05, 0.1) is 12.8 Å². The van der Waals surface area contributed by atoms with Crippen LogP contribution in [0.4, 0.5) is 16.0 Å². The van der Waals surface area contributed by atoms with Gasteiger partial charge < -0.3 is 14.6 Å². The van der Waals surface area contributed by atoms with Crippen LogP contribution in [0.2, 0.25) is 0 Å². The minimum atomic E-state index is -0.411. The standard InChI is InChI=1S/C14H16FN3O/c1-4-7-18-9-10(2)16-14(18)17-11-5-6-13(19-3)12(15)8-11/h4-6,8-9H,1,7H2,2-3H3,(H,16,17). The van der Waals surface area contributed by atoms with Crippen LogP contribution in [0.25, 0.3) is 0 Å². The summed E-state index contributed by atoms with van der Waals surface area (Å²) in [5.74, 6) is 0.462. The maximum Gasteiger partial charge on any atom is 0.207 e. The van der Waals surface area contributed by atoms with Crippen LogP contribution < -0.4 is 10.1 Å².